The Kier molecular flexibility index (Phi) is 4.31. The van der Waals surface area contributed by atoms with Gasteiger partial charge in [0.1, 0.15) is 18.1 Å². The Hall–Kier alpha value is -2.13. The van der Waals surface area contributed by atoms with Crippen LogP contribution in [-0.2, 0) is 0 Å². The van der Waals surface area contributed by atoms with E-state index in [1.54, 1.807) is 24.3 Å². The number of hydrogen-bond acceptors (Lipinski definition) is 5. The van der Waals surface area contributed by atoms with E-state index in [1.165, 1.54) is 6.33 Å². The van der Waals surface area contributed by atoms with E-state index in [1.807, 2.05) is 6.92 Å². The zero-order chi connectivity index (χ0) is 13.7. The van der Waals surface area contributed by atoms with Crippen LogP contribution >= 0.6 is 15.9 Å². The van der Waals surface area contributed by atoms with E-state index in [4.69, 9.17) is 14.7 Å². The molecule has 0 unspecified atom stereocenters. The lowest BCUT2D eigenvalue weighted by Gasteiger charge is -2.07. The molecule has 2 rings (SSSR count). The third kappa shape index (κ3) is 3.42. The number of nitriles is 1. The molecule has 5 nitrogen and oxygen atoms in total. The lowest BCUT2D eigenvalue weighted by molar-refractivity contribution is 0.322. The SMILES string of the molecule is CCOc1cc(Oc2ccc(Br)cc2C#N)ncn1. The first-order valence-electron chi connectivity index (χ1n) is 5.55. The molecule has 0 saturated carbocycles. The van der Waals surface area contributed by atoms with Crippen LogP contribution in [0.5, 0.6) is 17.5 Å². The second kappa shape index (κ2) is 6.16. The van der Waals surface area contributed by atoms with Gasteiger partial charge in [0.25, 0.3) is 0 Å². The molecule has 0 aliphatic carbocycles. The Morgan fingerprint density at radius 1 is 1.26 bits per heavy atom. The maximum Gasteiger partial charge on any atom is 0.226 e. The first-order chi connectivity index (χ1) is 9.22. The molecule has 0 atom stereocenters. The first kappa shape index (κ1) is 13.3. The molecular formula is C13H10BrN3O2. The lowest BCUT2D eigenvalue weighted by atomic mass is 10.2. The van der Waals surface area contributed by atoms with Crippen LogP contribution in [0.3, 0.4) is 0 Å². The van der Waals surface area contributed by atoms with Crippen molar-refractivity contribution in [1.82, 2.24) is 9.97 Å². The number of ether oxygens (including phenoxy) is 2. The molecular weight excluding hydrogens is 310 g/mol. The van der Waals surface area contributed by atoms with Crippen LogP contribution in [-0.4, -0.2) is 16.6 Å². The molecule has 0 N–H and O–H groups in total. The van der Waals surface area contributed by atoms with Crippen LogP contribution < -0.4 is 9.47 Å². The summed E-state index contributed by atoms with van der Waals surface area (Å²) in [5.41, 5.74) is 0.422. The number of rotatable bonds is 4. The Labute approximate surface area is 119 Å². The van der Waals surface area contributed by atoms with Crippen molar-refractivity contribution in [2.45, 2.75) is 6.92 Å². The second-order valence-corrected chi connectivity index (χ2v) is 4.40. The minimum absolute atomic E-state index is 0.331. The highest BCUT2D eigenvalue weighted by Crippen LogP contribution is 2.27. The monoisotopic (exact) mass is 319 g/mol. The summed E-state index contributed by atoms with van der Waals surface area (Å²) in [6.45, 7) is 2.38. The second-order valence-electron chi connectivity index (χ2n) is 3.48. The van der Waals surface area contributed by atoms with E-state index in [9.17, 15) is 0 Å². The molecule has 0 fully saturated rings. The van der Waals surface area contributed by atoms with Crippen molar-refractivity contribution in [3.63, 3.8) is 0 Å². The van der Waals surface area contributed by atoms with E-state index in [0.717, 1.165) is 4.47 Å². The van der Waals surface area contributed by atoms with Crippen molar-refractivity contribution in [2.75, 3.05) is 6.61 Å². The van der Waals surface area contributed by atoms with Gasteiger partial charge in [-0.25, -0.2) is 9.97 Å². The number of hydrogen-bond donors (Lipinski definition) is 0. The molecule has 0 bridgehead atoms. The largest absolute Gasteiger partial charge is 0.478 e. The Morgan fingerprint density at radius 2 is 2.05 bits per heavy atom. The zero-order valence-corrected chi connectivity index (χ0v) is 11.7. The fourth-order valence-corrected chi connectivity index (χ4v) is 1.76. The summed E-state index contributed by atoms with van der Waals surface area (Å²) in [4.78, 5) is 7.92. The molecule has 0 aliphatic rings. The summed E-state index contributed by atoms with van der Waals surface area (Å²) < 4.78 is 11.6. The number of nitrogens with zero attached hydrogens (tertiary/aromatic N) is 3. The van der Waals surface area contributed by atoms with Crippen LogP contribution in [0.1, 0.15) is 12.5 Å². The lowest BCUT2D eigenvalue weighted by Crippen LogP contribution is -1.97. The Morgan fingerprint density at radius 3 is 2.79 bits per heavy atom. The summed E-state index contributed by atoms with van der Waals surface area (Å²) in [5.74, 6) is 1.20. The average molecular weight is 320 g/mol. The normalized spacial score (nSPS) is 9.74. The van der Waals surface area contributed by atoms with E-state index >= 15 is 0 Å². The highest BCUT2D eigenvalue weighted by atomic mass is 79.9. The van der Waals surface area contributed by atoms with Crippen molar-refractivity contribution in [3.05, 3.63) is 40.6 Å². The molecule has 1 aromatic heterocycles. The number of aromatic nitrogens is 2. The minimum Gasteiger partial charge on any atom is -0.478 e. The van der Waals surface area contributed by atoms with Gasteiger partial charge in [-0.1, -0.05) is 15.9 Å². The van der Waals surface area contributed by atoms with Crippen LogP contribution in [0.25, 0.3) is 0 Å². The number of halogens is 1. The molecule has 0 saturated heterocycles. The van der Waals surface area contributed by atoms with Crippen LogP contribution in [0.4, 0.5) is 0 Å². The maximum absolute atomic E-state index is 9.05. The van der Waals surface area contributed by atoms with Crippen molar-refractivity contribution in [2.24, 2.45) is 0 Å². The molecule has 0 radical (unpaired) electrons. The van der Waals surface area contributed by atoms with Gasteiger partial charge >= 0.3 is 0 Å². The third-order valence-electron chi connectivity index (χ3n) is 2.19. The van der Waals surface area contributed by atoms with Crippen molar-refractivity contribution >= 4 is 15.9 Å². The van der Waals surface area contributed by atoms with E-state index < -0.39 is 0 Å². The quantitative estimate of drug-likeness (QED) is 0.864. The zero-order valence-electron chi connectivity index (χ0n) is 10.1. The molecule has 1 aromatic carbocycles. The maximum atomic E-state index is 9.05. The van der Waals surface area contributed by atoms with Gasteiger partial charge in [-0.3, -0.25) is 0 Å². The van der Waals surface area contributed by atoms with Gasteiger partial charge in [-0.2, -0.15) is 5.26 Å². The number of benzene rings is 1. The molecule has 0 spiro atoms. The van der Waals surface area contributed by atoms with Crippen molar-refractivity contribution in [3.8, 4) is 23.6 Å². The van der Waals surface area contributed by atoms with Gasteiger partial charge in [0.2, 0.25) is 11.8 Å². The van der Waals surface area contributed by atoms with Crippen molar-refractivity contribution < 1.29 is 9.47 Å². The average Bonchev–Trinajstić information content (AvgIpc) is 2.41. The fraction of sp³-hybridized carbons (Fsp3) is 0.154. The predicted octanol–water partition coefficient (Wildman–Crippen LogP) is 3.30. The minimum atomic E-state index is 0.331. The fourth-order valence-electron chi connectivity index (χ4n) is 1.40. The summed E-state index contributed by atoms with van der Waals surface area (Å²) in [6.07, 6.45) is 1.35. The smallest absolute Gasteiger partial charge is 0.226 e. The van der Waals surface area contributed by atoms with Crippen LogP contribution in [0.2, 0.25) is 0 Å². The molecule has 0 amide bonds. The van der Waals surface area contributed by atoms with E-state index in [-0.39, 0.29) is 0 Å². The van der Waals surface area contributed by atoms with Crippen LogP contribution in [0.15, 0.2) is 35.1 Å². The van der Waals surface area contributed by atoms with Gasteiger partial charge in [0.05, 0.1) is 18.2 Å². The van der Waals surface area contributed by atoms with Gasteiger partial charge in [0.15, 0.2) is 0 Å². The van der Waals surface area contributed by atoms with E-state index in [0.29, 0.717) is 29.7 Å². The highest BCUT2D eigenvalue weighted by molar-refractivity contribution is 9.10. The summed E-state index contributed by atoms with van der Waals surface area (Å²) in [7, 11) is 0. The Bertz CT molecular complexity index is 626. The van der Waals surface area contributed by atoms with Gasteiger partial charge in [0, 0.05) is 4.47 Å². The topological polar surface area (TPSA) is 68.0 Å². The highest BCUT2D eigenvalue weighted by Gasteiger charge is 2.07. The molecule has 0 aliphatic heterocycles. The Balaban J connectivity index is 2.26. The molecule has 6 heteroatoms. The van der Waals surface area contributed by atoms with Gasteiger partial charge < -0.3 is 9.47 Å². The first-order valence-corrected chi connectivity index (χ1v) is 6.34. The molecule has 1 heterocycles. The van der Waals surface area contributed by atoms with Crippen LogP contribution in [0, 0.1) is 11.3 Å². The van der Waals surface area contributed by atoms with E-state index in [2.05, 4.69) is 32.0 Å². The van der Waals surface area contributed by atoms with Gasteiger partial charge in [-0.05, 0) is 25.1 Å². The molecule has 96 valence electrons. The molecule has 2 aromatic rings. The standard InChI is InChI=1S/C13H10BrN3O2/c1-2-18-12-6-13(17-8-16-12)19-11-4-3-10(14)5-9(11)7-15/h3-6,8H,2H2,1H3. The predicted molar refractivity (Wildman–Crippen MR) is 72.1 cm³/mol. The summed E-state index contributed by atoms with van der Waals surface area (Å²) in [6, 6.07) is 8.82. The van der Waals surface area contributed by atoms with Gasteiger partial charge in [-0.15, -0.1) is 0 Å². The third-order valence-corrected chi connectivity index (χ3v) is 2.68. The molecule has 19 heavy (non-hydrogen) atoms. The summed E-state index contributed by atoms with van der Waals surface area (Å²) in [5, 5.41) is 9.05. The van der Waals surface area contributed by atoms with Crippen molar-refractivity contribution in [1.29, 1.82) is 5.26 Å². The summed E-state index contributed by atoms with van der Waals surface area (Å²) >= 11 is 3.30.